The quantitative estimate of drug-likeness (QED) is 0.752. The number of halogens is 1. The average Bonchev–Trinajstić information content (AvgIpc) is 2.41. The van der Waals surface area contributed by atoms with Gasteiger partial charge in [-0.15, -0.1) is 0 Å². The second-order valence-corrected chi connectivity index (χ2v) is 4.49. The molecule has 0 radical (unpaired) electrons. The van der Waals surface area contributed by atoms with Crippen molar-refractivity contribution in [3.8, 4) is 5.75 Å². The van der Waals surface area contributed by atoms with Crippen LogP contribution in [-0.4, -0.2) is 18.2 Å². The number of nitrogen functional groups attached to an aromatic ring is 1. The number of carbonyl (C=O) groups is 1. The van der Waals surface area contributed by atoms with Gasteiger partial charge in [-0.2, -0.15) is 0 Å². The van der Waals surface area contributed by atoms with E-state index in [4.69, 9.17) is 27.2 Å². The molecule has 0 saturated heterocycles. The van der Waals surface area contributed by atoms with E-state index in [-0.39, 0.29) is 11.3 Å². The van der Waals surface area contributed by atoms with Crippen molar-refractivity contribution >= 4 is 34.6 Å². The number of carboxylic acids is 1. The summed E-state index contributed by atoms with van der Waals surface area (Å²) in [4.78, 5) is 10.9. The lowest BCUT2D eigenvalue weighted by atomic mass is 10.1. The molecular weight excluding hydrogens is 280 g/mol. The lowest BCUT2D eigenvalue weighted by Crippen LogP contribution is -2.03. The number of methoxy groups -OCH3 is 1. The van der Waals surface area contributed by atoms with E-state index in [1.165, 1.54) is 6.07 Å². The normalized spacial score (nSPS) is 10.1. The zero-order chi connectivity index (χ0) is 14.7. The van der Waals surface area contributed by atoms with E-state index in [2.05, 4.69) is 5.32 Å². The number of hydrogen-bond donors (Lipinski definition) is 3. The zero-order valence-corrected chi connectivity index (χ0v) is 11.4. The summed E-state index contributed by atoms with van der Waals surface area (Å²) < 4.78 is 5.12. The highest BCUT2D eigenvalue weighted by Gasteiger charge is 2.09. The van der Waals surface area contributed by atoms with Gasteiger partial charge in [0.05, 0.1) is 23.4 Å². The molecule has 2 aromatic carbocycles. The van der Waals surface area contributed by atoms with E-state index in [0.29, 0.717) is 22.1 Å². The van der Waals surface area contributed by atoms with Gasteiger partial charge in [-0.1, -0.05) is 11.6 Å². The Kier molecular flexibility index (Phi) is 4.00. The van der Waals surface area contributed by atoms with Crippen LogP contribution in [-0.2, 0) is 0 Å². The minimum absolute atomic E-state index is 0.0623. The summed E-state index contributed by atoms with van der Waals surface area (Å²) in [5.41, 5.74) is 7.22. The SMILES string of the molecule is COc1ccc(Cl)c(Nc2ccc(C(=O)O)c(N)c2)c1. The zero-order valence-electron chi connectivity index (χ0n) is 10.7. The van der Waals surface area contributed by atoms with Gasteiger partial charge >= 0.3 is 5.97 Å². The first-order valence-electron chi connectivity index (χ1n) is 5.74. The summed E-state index contributed by atoms with van der Waals surface area (Å²) in [5.74, 6) is -0.402. The molecule has 6 heteroatoms. The molecule has 0 aliphatic rings. The van der Waals surface area contributed by atoms with E-state index < -0.39 is 5.97 Å². The van der Waals surface area contributed by atoms with E-state index in [1.807, 2.05) is 0 Å². The number of ether oxygens (including phenoxy) is 1. The lowest BCUT2D eigenvalue weighted by Gasteiger charge is -2.11. The molecule has 0 atom stereocenters. The first-order chi connectivity index (χ1) is 9.51. The highest BCUT2D eigenvalue weighted by Crippen LogP contribution is 2.30. The third kappa shape index (κ3) is 2.95. The first-order valence-corrected chi connectivity index (χ1v) is 6.12. The van der Waals surface area contributed by atoms with Crippen LogP contribution in [0.4, 0.5) is 17.1 Å². The molecule has 2 aromatic rings. The van der Waals surface area contributed by atoms with Gasteiger partial charge in [0.1, 0.15) is 5.75 Å². The molecule has 0 heterocycles. The Balaban J connectivity index is 2.30. The van der Waals surface area contributed by atoms with Crippen LogP contribution in [0.1, 0.15) is 10.4 Å². The fourth-order valence-electron chi connectivity index (χ4n) is 1.72. The largest absolute Gasteiger partial charge is 0.497 e. The number of anilines is 3. The monoisotopic (exact) mass is 292 g/mol. The van der Waals surface area contributed by atoms with E-state index >= 15 is 0 Å². The van der Waals surface area contributed by atoms with Crippen molar-refractivity contribution in [1.82, 2.24) is 0 Å². The molecule has 5 nitrogen and oxygen atoms in total. The second kappa shape index (κ2) is 5.71. The average molecular weight is 293 g/mol. The van der Waals surface area contributed by atoms with Gasteiger partial charge in [0, 0.05) is 17.4 Å². The minimum Gasteiger partial charge on any atom is -0.497 e. The molecule has 2 rings (SSSR count). The topological polar surface area (TPSA) is 84.6 Å². The summed E-state index contributed by atoms with van der Waals surface area (Å²) in [7, 11) is 1.56. The number of carboxylic acid groups (broad SMARTS) is 1. The van der Waals surface area contributed by atoms with Crippen molar-refractivity contribution < 1.29 is 14.6 Å². The van der Waals surface area contributed by atoms with Crippen LogP contribution in [0.3, 0.4) is 0 Å². The number of rotatable bonds is 4. The van der Waals surface area contributed by atoms with Crippen molar-refractivity contribution in [3.05, 3.63) is 47.0 Å². The van der Waals surface area contributed by atoms with Gasteiger partial charge in [0.15, 0.2) is 0 Å². The molecule has 0 unspecified atom stereocenters. The number of benzene rings is 2. The summed E-state index contributed by atoms with van der Waals surface area (Å²) in [6, 6.07) is 9.79. The molecule has 4 N–H and O–H groups in total. The van der Waals surface area contributed by atoms with Crippen molar-refractivity contribution in [2.75, 3.05) is 18.2 Å². The van der Waals surface area contributed by atoms with E-state index in [9.17, 15) is 4.79 Å². The Hall–Kier alpha value is -2.40. The fourth-order valence-corrected chi connectivity index (χ4v) is 1.88. The van der Waals surface area contributed by atoms with Gasteiger partial charge in [-0.3, -0.25) is 0 Å². The summed E-state index contributed by atoms with van der Waals surface area (Å²) in [5, 5.41) is 12.5. The van der Waals surface area contributed by atoms with Crippen molar-refractivity contribution in [3.63, 3.8) is 0 Å². The number of nitrogens with one attached hydrogen (secondary N) is 1. The number of nitrogens with two attached hydrogens (primary N) is 1. The molecule has 0 aliphatic carbocycles. The van der Waals surface area contributed by atoms with Crippen molar-refractivity contribution in [2.45, 2.75) is 0 Å². The van der Waals surface area contributed by atoms with Crippen LogP contribution < -0.4 is 15.8 Å². The molecule has 0 spiro atoms. The molecule has 0 saturated carbocycles. The predicted octanol–water partition coefficient (Wildman–Crippen LogP) is 3.37. The Morgan fingerprint density at radius 3 is 2.65 bits per heavy atom. The summed E-state index contributed by atoms with van der Waals surface area (Å²) >= 11 is 6.08. The molecule has 104 valence electrons. The Bertz CT molecular complexity index is 659. The molecular formula is C14H13ClN2O3. The highest BCUT2D eigenvalue weighted by molar-refractivity contribution is 6.33. The van der Waals surface area contributed by atoms with E-state index in [0.717, 1.165) is 0 Å². The molecule has 0 fully saturated rings. The van der Waals surface area contributed by atoms with Gasteiger partial charge in [0.25, 0.3) is 0 Å². The maximum Gasteiger partial charge on any atom is 0.337 e. The predicted molar refractivity (Wildman–Crippen MR) is 79.1 cm³/mol. The van der Waals surface area contributed by atoms with Gasteiger partial charge in [0.2, 0.25) is 0 Å². The smallest absolute Gasteiger partial charge is 0.337 e. The van der Waals surface area contributed by atoms with Crippen LogP contribution in [0.2, 0.25) is 5.02 Å². The van der Waals surface area contributed by atoms with Crippen LogP contribution >= 0.6 is 11.6 Å². The number of aromatic carboxylic acids is 1. The maximum absolute atomic E-state index is 10.9. The van der Waals surface area contributed by atoms with Crippen LogP contribution in [0.25, 0.3) is 0 Å². The second-order valence-electron chi connectivity index (χ2n) is 4.08. The first kappa shape index (κ1) is 14.0. The van der Waals surface area contributed by atoms with Crippen LogP contribution in [0.5, 0.6) is 5.75 Å². The Morgan fingerprint density at radius 1 is 1.30 bits per heavy atom. The van der Waals surface area contributed by atoms with E-state index in [1.54, 1.807) is 37.4 Å². The summed E-state index contributed by atoms with van der Waals surface area (Å²) in [6.45, 7) is 0. The molecule has 0 bridgehead atoms. The Labute approximate surface area is 120 Å². The van der Waals surface area contributed by atoms with Gasteiger partial charge in [-0.05, 0) is 30.3 Å². The van der Waals surface area contributed by atoms with Crippen LogP contribution in [0.15, 0.2) is 36.4 Å². The van der Waals surface area contributed by atoms with Gasteiger partial charge < -0.3 is 20.9 Å². The van der Waals surface area contributed by atoms with Gasteiger partial charge in [-0.25, -0.2) is 4.79 Å². The maximum atomic E-state index is 10.9. The highest BCUT2D eigenvalue weighted by atomic mass is 35.5. The third-order valence-electron chi connectivity index (χ3n) is 2.73. The fraction of sp³-hybridized carbons (Fsp3) is 0.0714. The molecule has 0 aromatic heterocycles. The third-order valence-corrected chi connectivity index (χ3v) is 3.06. The number of hydrogen-bond acceptors (Lipinski definition) is 4. The molecule has 0 aliphatic heterocycles. The van der Waals surface area contributed by atoms with Crippen molar-refractivity contribution in [1.29, 1.82) is 0 Å². The lowest BCUT2D eigenvalue weighted by molar-refractivity contribution is 0.0698. The summed E-state index contributed by atoms with van der Waals surface area (Å²) in [6.07, 6.45) is 0. The minimum atomic E-state index is -1.06. The molecule has 0 amide bonds. The molecule has 20 heavy (non-hydrogen) atoms. The van der Waals surface area contributed by atoms with Crippen molar-refractivity contribution in [2.24, 2.45) is 0 Å². The Morgan fingerprint density at radius 2 is 2.05 bits per heavy atom. The standard InChI is InChI=1S/C14H13ClN2O3/c1-20-9-3-5-11(15)13(7-9)17-8-2-4-10(14(18)19)12(16)6-8/h2-7,17H,16H2,1H3,(H,18,19). The van der Waals surface area contributed by atoms with Crippen LogP contribution in [0, 0.1) is 0 Å².